The number of rotatable bonds is 4. The van der Waals surface area contributed by atoms with E-state index in [-0.39, 0.29) is 18.6 Å². The van der Waals surface area contributed by atoms with E-state index >= 15 is 0 Å². The summed E-state index contributed by atoms with van der Waals surface area (Å²) in [5.41, 5.74) is -0.413. The largest absolute Gasteiger partial charge is 0.377 e. The Balaban J connectivity index is 1.90. The molecular weight excluding hydrogens is 326 g/mol. The fraction of sp³-hybridized carbons (Fsp3) is 0.625. The minimum atomic E-state index is -0.539. The molecule has 1 saturated heterocycles. The van der Waals surface area contributed by atoms with Gasteiger partial charge >= 0.3 is 5.69 Å². The normalized spacial score (nSPS) is 18.0. The van der Waals surface area contributed by atoms with Crippen LogP contribution in [0.2, 0.25) is 0 Å². The number of piperidine rings is 1. The molecule has 1 aliphatic rings. The maximum absolute atomic E-state index is 12.7. The average Bonchev–Trinajstić information content (AvgIpc) is 2.99. The van der Waals surface area contributed by atoms with Crippen LogP contribution in [-0.4, -0.2) is 55.3 Å². The average molecular weight is 349 g/mol. The highest BCUT2D eigenvalue weighted by Crippen LogP contribution is 2.13. The van der Waals surface area contributed by atoms with Crippen LogP contribution < -0.4 is 11.2 Å². The van der Waals surface area contributed by atoms with Crippen LogP contribution in [0.1, 0.15) is 19.8 Å². The number of imidazole rings is 1. The second kappa shape index (κ2) is 6.83. The molecule has 2 aromatic rings. The Hall–Kier alpha value is -2.42. The third-order valence-electron chi connectivity index (χ3n) is 4.63. The number of ether oxygens (including phenoxy) is 1. The summed E-state index contributed by atoms with van der Waals surface area (Å²) in [5, 5.41) is 0. The van der Waals surface area contributed by atoms with Crippen LogP contribution in [0.4, 0.5) is 0 Å². The van der Waals surface area contributed by atoms with Crippen molar-refractivity contribution in [3.05, 3.63) is 27.2 Å². The summed E-state index contributed by atoms with van der Waals surface area (Å²) in [4.78, 5) is 43.5. The smallest absolute Gasteiger partial charge is 0.332 e. The minimum absolute atomic E-state index is 0.0156. The second-order valence-electron chi connectivity index (χ2n) is 6.32. The van der Waals surface area contributed by atoms with Crippen molar-refractivity contribution in [1.82, 2.24) is 23.6 Å². The molecular formula is C16H23N5O4. The maximum atomic E-state index is 12.7. The van der Waals surface area contributed by atoms with E-state index in [1.807, 2.05) is 6.92 Å². The Labute approximate surface area is 144 Å². The zero-order valence-corrected chi connectivity index (χ0v) is 14.8. The minimum Gasteiger partial charge on any atom is -0.377 e. The molecule has 25 heavy (non-hydrogen) atoms. The van der Waals surface area contributed by atoms with E-state index < -0.39 is 11.2 Å². The van der Waals surface area contributed by atoms with Gasteiger partial charge in [0.05, 0.1) is 12.4 Å². The van der Waals surface area contributed by atoms with Crippen molar-refractivity contribution in [1.29, 1.82) is 0 Å². The number of amides is 1. The summed E-state index contributed by atoms with van der Waals surface area (Å²) in [7, 11) is 3.23. The number of aryl methyl sites for hydroxylation is 2. The number of carbonyl (C=O) groups is 1. The van der Waals surface area contributed by atoms with Gasteiger partial charge in [-0.3, -0.25) is 14.2 Å². The van der Waals surface area contributed by atoms with Crippen LogP contribution in [0.15, 0.2) is 15.9 Å². The Morgan fingerprint density at radius 3 is 2.84 bits per heavy atom. The Morgan fingerprint density at radius 2 is 2.12 bits per heavy atom. The van der Waals surface area contributed by atoms with E-state index in [1.165, 1.54) is 10.9 Å². The summed E-state index contributed by atoms with van der Waals surface area (Å²) >= 11 is 0. The summed E-state index contributed by atoms with van der Waals surface area (Å²) in [6.07, 6.45) is 3.26. The van der Waals surface area contributed by atoms with Gasteiger partial charge in [-0.25, -0.2) is 14.3 Å². The highest BCUT2D eigenvalue weighted by Gasteiger charge is 2.25. The van der Waals surface area contributed by atoms with Gasteiger partial charge in [0.25, 0.3) is 5.56 Å². The number of hydrogen-bond donors (Lipinski definition) is 0. The summed E-state index contributed by atoms with van der Waals surface area (Å²) in [5.74, 6) is -0.245. The number of nitrogens with zero attached hydrogens (tertiary/aromatic N) is 5. The van der Waals surface area contributed by atoms with Crippen LogP contribution in [0.25, 0.3) is 11.2 Å². The molecule has 0 saturated carbocycles. The van der Waals surface area contributed by atoms with Crippen molar-refractivity contribution in [2.45, 2.75) is 32.4 Å². The topological polar surface area (TPSA) is 91.4 Å². The van der Waals surface area contributed by atoms with Crippen molar-refractivity contribution >= 4 is 17.1 Å². The Bertz CT molecular complexity index is 908. The third-order valence-corrected chi connectivity index (χ3v) is 4.63. The van der Waals surface area contributed by atoms with Gasteiger partial charge in [-0.05, 0) is 19.8 Å². The zero-order chi connectivity index (χ0) is 18.1. The van der Waals surface area contributed by atoms with Gasteiger partial charge in [0.2, 0.25) is 5.91 Å². The predicted molar refractivity (Wildman–Crippen MR) is 91.4 cm³/mol. The molecule has 1 atom stereocenters. The van der Waals surface area contributed by atoms with E-state index in [0.29, 0.717) is 30.9 Å². The molecule has 0 N–H and O–H groups in total. The predicted octanol–water partition coefficient (Wildman–Crippen LogP) is -0.539. The van der Waals surface area contributed by atoms with Crippen molar-refractivity contribution < 1.29 is 9.53 Å². The van der Waals surface area contributed by atoms with Crippen molar-refractivity contribution in [3.8, 4) is 0 Å². The molecule has 0 spiro atoms. The van der Waals surface area contributed by atoms with Gasteiger partial charge in [-0.1, -0.05) is 0 Å². The molecule has 2 aromatic heterocycles. The Kier molecular flexibility index (Phi) is 4.76. The lowest BCUT2D eigenvalue weighted by atomic mass is 10.1. The molecule has 0 aliphatic carbocycles. The van der Waals surface area contributed by atoms with Gasteiger partial charge in [0, 0.05) is 33.8 Å². The summed E-state index contributed by atoms with van der Waals surface area (Å²) in [6.45, 7) is 3.36. The lowest BCUT2D eigenvalue weighted by Gasteiger charge is -2.32. The molecule has 0 radical (unpaired) electrons. The molecule has 3 rings (SSSR count). The van der Waals surface area contributed by atoms with Gasteiger partial charge in [-0.2, -0.15) is 0 Å². The van der Waals surface area contributed by atoms with E-state index in [9.17, 15) is 14.4 Å². The molecule has 3 heterocycles. The second-order valence-corrected chi connectivity index (χ2v) is 6.32. The molecule has 1 fully saturated rings. The van der Waals surface area contributed by atoms with E-state index in [4.69, 9.17) is 4.74 Å². The molecule has 1 amide bonds. The van der Waals surface area contributed by atoms with Crippen molar-refractivity contribution in [2.75, 3.05) is 19.7 Å². The van der Waals surface area contributed by atoms with Crippen molar-refractivity contribution in [3.63, 3.8) is 0 Å². The monoisotopic (exact) mass is 349 g/mol. The molecule has 1 unspecified atom stereocenters. The molecule has 9 nitrogen and oxygen atoms in total. The van der Waals surface area contributed by atoms with Gasteiger partial charge in [-0.15, -0.1) is 0 Å². The van der Waals surface area contributed by atoms with Crippen LogP contribution in [0.5, 0.6) is 0 Å². The first-order chi connectivity index (χ1) is 11.9. The molecule has 9 heteroatoms. The fourth-order valence-corrected chi connectivity index (χ4v) is 3.31. The molecule has 1 aliphatic heterocycles. The van der Waals surface area contributed by atoms with Crippen LogP contribution in [0.3, 0.4) is 0 Å². The van der Waals surface area contributed by atoms with E-state index in [1.54, 1.807) is 23.6 Å². The molecule has 0 aromatic carbocycles. The number of hydrogen-bond acceptors (Lipinski definition) is 5. The SMILES string of the molecule is CCOC1CCCN(C(=O)Cn2c(=O)c3c(ncn3C)n(C)c2=O)C1. The van der Waals surface area contributed by atoms with Gasteiger partial charge in [0.1, 0.15) is 6.54 Å². The first-order valence-corrected chi connectivity index (χ1v) is 8.44. The maximum Gasteiger partial charge on any atom is 0.332 e. The fourth-order valence-electron chi connectivity index (χ4n) is 3.31. The lowest BCUT2D eigenvalue weighted by molar-refractivity contribution is -0.136. The number of fused-ring (bicyclic) bond motifs is 1. The summed E-state index contributed by atoms with van der Waals surface area (Å²) < 4.78 is 9.44. The van der Waals surface area contributed by atoms with Crippen LogP contribution >= 0.6 is 0 Å². The highest BCUT2D eigenvalue weighted by molar-refractivity contribution is 5.77. The molecule has 136 valence electrons. The van der Waals surface area contributed by atoms with Crippen molar-refractivity contribution in [2.24, 2.45) is 14.1 Å². The van der Waals surface area contributed by atoms with Crippen LogP contribution in [0, 0.1) is 0 Å². The third kappa shape index (κ3) is 3.11. The van der Waals surface area contributed by atoms with Crippen LogP contribution in [-0.2, 0) is 30.2 Å². The number of carbonyl (C=O) groups excluding carboxylic acids is 1. The van der Waals surface area contributed by atoms with Gasteiger partial charge in [0.15, 0.2) is 11.2 Å². The van der Waals surface area contributed by atoms with E-state index in [0.717, 1.165) is 17.4 Å². The number of likely N-dealkylation sites (tertiary alicyclic amines) is 1. The summed E-state index contributed by atoms with van der Waals surface area (Å²) in [6, 6.07) is 0. The quantitative estimate of drug-likeness (QED) is 0.739. The molecule has 0 bridgehead atoms. The first kappa shape index (κ1) is 17.4. The van der Waals surface area contributed by atoms with E-state index in [2.05, 4.69) is 4.98 Å². The number of aromatic nitrogens is 4. The Morgan fingerprint density at radius 1 is 1.36 bits per heavy atom. The lowest BCUT2D eigenvalue weighted by Crippen LogP contribution is -2.48. The highest BCUT2D eigenvalue weighted by atomic mass is 16.5. The zero-order valence-electron chi connectivity index (χ0n) is 14.8. The first-order valence-electron chi connectivity index (χ1n) is 8.44. The van der Waals surface area contributed by atoms with Gasteiger partial charge < -0.3 is 14.2 Å². The standard InChI is InChI=1S/C16H23N5O4/c1-4-25-11-6-5-7-20(8-11)12(22)9-21-15(23)13-14(17-10-18(13)2)19(3)16(21)24/h10-11H,4-9H2,1-3H3.